The van der Waals surface area contributed by atoms with Gasteiger partial charge in [-0.1, -0.05) is 0 Å². The molecule has 1 fully saturated rings. The maximum atomic E-state index is 10.9. The molecule has 0 radical (unpaired) electrons. The molecule has 66 valence electrons. The fraction of sp³-hybridized carbons (Fsp3) is 0.667. The molecule has 0 spiro atoms. The number of nitrogens with zero attached hydrogens (tertiary/aromatic N) is 1. The van der Waals surface area contributed by atoms with Crippen molar-refractivity contribution in [3.63, 3.8) is 0 Å². The summed E-state index contributed by atoms with van der Waals surface area (Å²) < 4.78 is 0. The topological polar surface area (TPSA) is 32.3 Å². The fourth-order valence-corrected chi connectivity index (χ4v) is 1.26. The van der Waals surface area contributed by atoms with Crippen LogP contribution in [0.5, 0.6) is 0 Å². The average molecular weight is 166 g/mol. The van der Waals surface area contributed by atoms with Crippen LogP contribution in [-0.4, -0.2) is 37.0 Å². The SMILES string of the molecule is C#CCCN1CCNC(=O)CC1. The largest absolute Gasteiger partial charge is 0.355 e. The van der Waals surface area contributed by atoms with E-state index in [4.69, 9.17) is 6.42 Å². The highest BCUT2D eigenvalue weighted by Gasteiger charge is 2.11. The molecule has 0 atom stereocenters. The Labute approximate surface area is 73.1 Å². The monoisotopic (exact) mass is 166 g/mol. The normalized spacial score (nSPS) is 19.4. The minimum absolute atomic E-state index is 0.151. The van der Waals surface area contributed by atoms with Crippen molar-refractivity contribution in [2.24, 2.45) is 0 Å². The Bertz CT molecular complexity index is 195. The van der Waals surface area contributed by atoms with Gasteiger partial charge in [-0.3, -0.25) is 4.79 Å². The van der Waals surface area contributed by atoms with Gasteiger partial charge in [-0.25, -0.2) is 0 Å². The van der Waals surface area contributed by atoms with Crippen LogP contribution in [0.4, 0.5) is 0 Å². The van der Waals surface area contributed by atoms with E-state index >= 15 is 0 Å². The second-order valence-corrected chi connectivity index (χ2v) is 2.90. The van der Waals surface area contributed by atoms with Crippen LogP contribution in [0.25, 0.3) is 0 Å². The van der Waals surface area contributed by atoms with Crippen LogP contribution < -0.4 is 5.32 Å². The van der Waals surface area contributed by atoms with Gasteiger partial charge in [0, 0.05) is 39.0 Å². The number of nitrogens with one attached hydrogen (secondary N) is 1. The van der Waals surface area contributed by atoms with Crippen molar-refractivity contribution in [3.05, 3.63) is 0 Å². The first-order valence-electron chi connectivity index (χ1n) is 4.25. The lowest BCUT2D eigenvalue weighted by atomic mass is 10.3. The molecule has 1 rings (SSSR count). The van der Waals surface area contributed by atoms with Crippen molar-refractivity contribution in [3.8, 4) is 12.3 Å². The van der Waals surface area contributed by atoms with Crippen molar-refractivity contribution >= 4 is 5.91 Å². The number of hydrogen-bond acceptors (Lipinski definition) is 2. The molecule has 1 heterocycles. The number of carbonyl (C=O) groups is 1. The maximum Gasteiger partial charge on any atom is 0.221 e. The summed E-state index contributed by atoms with van der Waals surface area (Å²) in [5, 5.41) is 2.82. The van der Waals surface area contributed by atoms with E-state index in [2.05, 4.69) is 16.1 Å². The summed E-state index contributed by atoms with van der Waals surface area (Å²) in [6, 6.07) is 0. The lowest BCUT2D eigenvalue weighted by Crippen LogP contribution is -2.29. The molecule has 0 aromatic rings. The summed E-state index contributed by atoms with van der Waals surface area (Å²) >= 11 is 0. The lowest BCUT2D eigenvalue weighted by molar-refractivity contribution is -0.120. The number of amides is 1. The molecular formula is C9H14N2O. The van der Waals surface area contributed by atoms with Gasteiger partial charge >= 0.3 is 0 Å². The second kappa shape index (κ2) is 4.78. The minimum atomic E-state index is 0.151. The van der Waals surface area contributed by atoms with Crippen molar-refractivity contribution in [2.75, 3.05) is 26.2 Å². The Morgan fingerprint density at radius 1 is 1.58 bits per heavy atom. The maximum absolute atomic E-state index is 10.9. The van der Waals surface area contributed by atoms with Gasteiger partial charge in [0.15, 0.2) is 0 Å². The quantitative estimate of drug-likeness (QED) is 0.578. The van der Waals surface area contributed by atoms with Crippen molar-refractivity contribution in [1.82, 2.24) is 10.2 Å². The molecule has 0 unspecified atom stereocenters. The average Bonchev–Trinajstić information content (AvgIpc) is 2.27. The molecular weight excluding hydrogens is 152 g/mol. The van der Waals surface area contributed by atoms with E-state index in [1.165, 1.54) is 0 Å². The van der Waals surface area contributed by atoms with Crippen LogP contribution in [-0.2, 0) is 4.79 Å². The predicted octanol–water partition coefficient (Wildman–Crippen LogP) is -0.168. The zero-order valence-electron chi connectivity index (χ0n) is 7.18. The molecule has 0 aromatic heterocycles. The highest BCUT2D eigenvalue weighted by molar-refractivity contribution is 5.76. The molecule has 1 amide bonds. The van der Waals surface area contributed by atoms with Crippen LogP contribution in [0.2, 0.25) is 0 Å². The van der Waals surface area contributed by atoms with Crippen molar-refractivity contribution in [1.29, 1.82) is 0 Å². The summed E-state index contributed by atoms with van der Waals surface area (Å²) in [5.41, 5.74) is 0. The Hall–Kier alpha value is -1.01. The summed E-state index contributed by atoms with van der Waals surface area (Å²) in [4.78, 5) is 13.1. The van der Waals surface area contributed by atoms with Crippen molar-refractivity contribution in [2.45, 2.75) is 12.8 Å². The predicted molar refractivity (Wildman–Crippen MR) is 47.5 cm³/mol. The molecule has 12 heavy (non-hydrogen) atoms. The molecule has 3 heteroatoms. The zero-order chi connectivity index (χ0) is 8.81. The van der Waals surface area contributed by atoms with Gasteiger partial charge in [0.2, 0.25) is 5.91 Å². The first-order valence-corrected chi connectivity index (χ1v) is 4.25. The number of carbonyl (C=O) groups excluding carboxylic acids is 1. The highest BCUT2D eigenvalue weighted by atomic mass is 16.1. The Kier molecular flexibility index (Phi) is 3.62. The van der Waals surface area contributed by atoms with E-state index in [1.54, 1.807) is 0 Å². The summed E-state index contributed by atoms with van der Waals surface area (Å²) in [5.74, 6) is 2.75. The molecule has 3 nitrogen and oxygen atoms in total. The van der Waals surface area contributed by atoms with Gasteiger partial charge in [-0.15, -0.1) is 12.3 Å². The fourth-order valence-electron chi connectivity index (χ4n) is 1.26. The molecule has 1 aliphatic rings. The van der Waals surface area contributed by atoms with Gasteiger partial charge < -0.3 is 10.2 Å². The minimum Gasteiger partial charge on any atom is -0.355 e. The van der Waals surface area contributed by atoms with Crippen LogP contribution in [0.3, 0.4) is 0 Å². The van der Waals surface area contributed by atoms with E-state index in [-0.39, 0.29) is 5.91 Å². The molecule has 0 bridgehead atoms. The first kappa shape index (κ1) is 9.08. The van der Waals surface area contributed by atoms with E-state index < -0.39 is 0 Å². The summed E-state index contributed by atoms with van der Waals surface area (Å²) in [6.07, 6.45) is 6.53. The van der Waals surface area contributed by atoms with E-state index in [0.29, 0.717) is 6.42 Å². The molecule has 0 saturated carbocycles. The Morgan fingerprint density at radius 2 is 2.42 bits per heavy atom. The first-order chi connectivity index (χ1) is 5.83. The third kappa shape index (κ3) is 2.93. The van der Waals surface area contributed by atoms with Crippen LogP contribution in [0.1, 0.15) is 12.8 Å². The highest BCUT2D eigenvalue weighted by Crippen LogP contribution is 1.96. The summed E-state index contributed by atoms with van der Waals surface area (Å²) in [6.45, 7) is 3.43. The number of hydrogen-bond donors (Lipinski definition) is 1. The number of rotatable bonds is 2. The Morgan fingerprint density at radius 3 is 3.17 bits per heavy atom. The van der Waals surface area contributed by atoms with Gasteiger partial charge in [-0.05, 0) is 0 Å². The lowest BCUT2D eigenvalue weighted by Gasteiger charge is -2.16. The van der Waals surface area contributed by atoms with Crippen LogP contribution in [0.15, 0.2) is 0 Å². The van der Waals surface area contributed by atoms with E-state index in [0.717, 1.165) is 32.6 Å². The van der Waals surface area contributed by atoms with Gasteiger partial charge in [-0.2, -0.15) is 0 Å². The zero-order valence-corrected chi connectivity index (χ0v) is 7.18. The molecule has 0 aliphatic carbocycles. The smallest absolute Gasteiger partial charge is 0.221 e. The van der Waals surface area contributed by atoms with Gasteiger partial charge in [0.1, 0.15) is 0 Å². The van der Waals surface area contributed by atoms with Crippen LogP contribution >= 0.6 is 0 Å². The standard InChI is InChI=1S/C9H14N2O/c1-2-3-6-11-7-4-9(12)10-5-8-11/h1H,3-8H2,(H,10,12). The molecule has 0 aromatic carbocycles. The van der Waals surface area contributed by atoms with Crippen molar-refractivity contribution < 1.29 is 4.79 Å². The number of terminal acetylenes is 1. The van der Waals surface area contributed by atoms with Crippen LogP contribution in [0, 0.1) is 12.3 Å². The van der Waals surface area contributed by atoms with Gasteiger partial charge in [0.05, 0.1) is 0 Å². The third-order valence-corrected chi connectivity index (χ3v) is 1.98. The molecule has 1 N–H and O–H groups in total. The van der Waals surface area contributed by atoms with E-state index in [9.17, 15) is 4.79 Å². The third-order valence-electron chi connectivity index (χ3n) is 1.98. The summed E-state index contributed by atoms with van der Waals surface area (Å²) in [7, 11) is 0. The van der Waals surface area contributed by atoms with E-state index in [1.807, 2.05) is 0 Å². The van der Waals surface area contributed by atoms with Gasteiger partial charge in [0.25, 0.3) is 0 Å². The Balaban J connectivity index is 2.27. The molecule has 1 aliphatic heterocycles. The second-order valence-electron chi connectivity index (χ2n) is 2.90. The molecule has 1 saturated heterocycles.